The highest BCUT2D eigenvalue weighted by molar-refractivity contribution is 5.80. The monoisotopic (exact) mass is 197 g/mol. The lowest BCUT2D eigenvalue weighted by Crippen LogP contribution is -2.30. The number of hydrogen-bond donors (Lipinski definition) is 1. The number of hydrogen-bond acceptors (Lipinski definition) is 2. The molecule has 0 spiro atoms. The highest BCUT2D eigenvalue weighted by Gasteiger charge is 2.29. The van der Waals surface area contributed by atoms with E-state index in [4.69, 9.17) is 4.74 Å². The van der Waals surface area contributed by atoms with Crippen molar-refractivity contribution >= 4 is 5.91 Å². The van der Waals surface area contributed by atoms with E-state index >= 15 is 0 Å². The first-order valence-electron chi connectivity index (χ1n) is 5.75. The Morgan fingerprint density at radius 1 is 1.29 bits per heavy atom. The van der Waals surface area contributed by atoms with Gasteiger partial charge in [-0.1, -0.05) is 0 Å². The van der Waals surface area contributed by atoms with Crippen LogP contribution in [0.4, 0.5) is 0 Å². The maximum atomic E-state index is 11.3. The minimum atomic E-state index is 0.251. The van der Waals surface area contributed by atoms with E-state index in [0.717, 1.165) is 32.4 Å². The smallest absolute Gasteiger partial charge is 0.223 e. The fourth-order valence-electron chi connectivity index (χ4n) is 1.88. The molecule has 1 N–H and O–H groups in total. The molecule has 1 saturated heterocycles. The van der Waals surface area contributed by atoms with Gasteiger partial charge in [-0.3, -0.25) is 4.79 Å². The molecular weight excluding hydrogens is 178 g/mol. The van der Waals surface area contributed by atoms with Gasteiger partial charge in [0.05, 0.1) is 6.10 Å². The SMILES string of the molecule is O=C(NCCC1CCCCO1)C1CC1. The van der Waals surface area contributed by atoms with Gasteiger partial charge in [-0.05, 0) is 38.5 Å². The summed E-state index contributed by atoms with van der Waals surface area (Å²) in [5, 5.41) is 2.97. The van der Waals surface area contributed by atoms with E-state index in [1.165, 1.54) is 19.3 Å². The summed E-state index contributed by atoms with van der Waals surface area (Å²) in [5.74, 6) is 0.586. The summed E-state index contributed by atoms with van der Waals surface area (Å²) >= 11 is 0. The first kappa shape index (κ1) is 9.97. The lowest BCUT2D eigenvalue weighted by Gasteiger charge is -2.22. The van der Waals surface area contributed by atoms with E-state index in [1.807, 2.05) is 0 Å². The first-order chi connectivity index (χ1) is 6.86. The van der Waals surface area contributed by atoms with E-state index in [1.54, 1.807) is 0 Å². The molecule has 1 aliphatic carbocycles. The minimum Gasteiger partial charge on any atom is -0.378 e. The third kappa shape index (κ3) is 2.98. The average molecular weight is 197 g/mol. The fourth-order valence-corrected chi connectivity index (χ4v) is 1.88. The molecule has 1 saturated carbocycles. The van der Waals surface area contributed by atoms with Gasteiger partial charge in [0.15, 0.2) is 0 Å². The number of rotatable bonds is 4. The Morgan fingerprint density at radius 3 is 2.79 bits per heavy atom. The van der Waals surface area contributed by atoms with E-state index in [0.29, 0.717) is 12.0 Å². The number of carbonyl (C=O) groups excluding carboxylic acids is 1. The molecule has 3 nitrogen and oxygen atoms in total. The van der Waals surface area contributed by atoms with Crippen LogP contribution in [0.15, 0.2) is 0 Å². The summed E-state index contributed by atoms with van der Waals surface area (Å²) < 4.78 is 5.58. The zero-order chi connectivity index (χ0) is 9.80. The lowest BCUT2D eigenvalue weighted by molar-refractivity contribution is -0.122. The van der Waals surface area contributed by atoms with Crippen molar-refractivity contribution in [1.29, 1.82) is 0 Å². The largest absolute Gasteiger partial charge is 0.378 e. The fraction of sp³-hybridized carbons (Fsp3) is 0.909. The van der Waals surface area contributed by atoms with Crippen LogP contribution in [0, 0.1) is 5.92 Å². The second kappa shape index (κ2) is 4.78. The normalized spacial score (nSPS) is 27.3. The maximum absolute atomic E-state index is 11.3. The standard InChI is InChI=1S/C11H19NO2/c13-11(9-4-5-9)12-7-6-10-3-1-2-8-14-10/h9-10H,1-8H2,(H,12,13). The predicted molar refractivity (Wildman–Crippen MR) is 53.9 cm³/mol. The van der Waals surface area contributed by atoms with Crippen molar-refractivity contribution in [3.8, 4) is 0 Å². The Labute approximate surface area is 85.2 Å². The van der Waals surface area contributed by atoms with Crippen molar-refractivity contribution < 1.29 is 9.53 Å². The van der Waals surface area contributed by atoms with Gasteiger partial charge >= 0.3 is 0 Å². The lowest BCUT2D eigenvalue weighted by atomic mass is 10.1. The molecule has 1 heterocycles. The Bertz CT molecular complexity index is 195. The third-order valence-corrected chi connectivity index (χ3v) is 2.99. The molecule has 3 heteroatoms. The molecule has 14 heavy (non-hydrogen) atoms. The van der Waals surface area contributed by atoms with Crippen molar-refractivity contribution in [2.75, 3.05) is 13.2 Å². The third-order valence-electron chi connectivity index (χ3n) is 2.99. The van der Waals surface area contributed by atoms with Crippen molar-refractivity contribution in [2.45, 2.75) is 44.6 Å². The highest BCUT2D eigenvalue weighted by Crippen LogP contribution is 2.28. The van der Waals surface area contributed by atoms with Crippen LogP contribution in [0.3, 0.4) is 0 Å². The van der Waals surface area contributed by atoms with Gasteiger partial charge in [-0.25, -0.2) is 0 Å². The molecule has 0 aromatic rings. The Balaban J connectivity index is 1.54. The maximum Gasteiger partial charge on any atom is 0.223 e. The van der Waals surface area contributed by atoms with Gasteiger partial charge in [-0.2, -0.15) is 0 Å². The van der Waals surface area contributed by atoms with Crippen LogP contribution < -0.4 is 5.32 Å². The van der Waals surface area contributed by atoms with E-state index in [-0.39, 0.29) is 5.91 Å². The van der Waals surface area contributed by atoms with Gasteiger partial charge in [-0.15, -0.1) is 0 Å². The molecule has 0 aromatic heterocycles. The molecule has 1 atom stereocenters. The van der Waals surface area contributed by atoms with E-state index < -0.39 is 0 Å². The van der Waals surface area contributed by atoms with Gasteiger partial charge in [0.2, 0.25) is 5.91 Å². The summed E-state index contributed by atoms with van der Waals surface area (Å²) in [6.45, 7) is 1.70. The van der Waals surface area contributed by atoms with Crippen molar-refractivity contribution in [3.63, 3.8) is 0 Å². The molecular formula is C11H19NO2. The van der Waals surface area contributed by atoms with Crippen molar-refractivity contribution in [3.05, 3.63) is 0 Å². The van der Waals surface area contributed by atoms with Crippen LogP contribution in [-0.4, -0.2) is 25.2 Å². The van der Waals surface area contributed by atoms with Crippen LogP contribution >= 0.6 is 0 Å². The summed E-state index contributed by atoms with van der Waals surface area (Å²) in [5.41, 5.74) is 0. The predicted octanol–water partition coefficient (Wildman–Crippen LogP) is 1.47. The van der Waals surface area contributed by atoms with E-state index in [9.17, 15) is 4.79 Å². The Kier molecular flexibility index (Phi) is 3.40. The van der Waals surface area contributed by atoms with Gasteiger partial charge < -0.3 is 10.1 Å². The molecule has 0 aromatic carbocycles. The van der Waals surface area contributed by atoms with Gasteiger partial charge in [0.25, 0.3) is 0 Å². The average Bonchev–Trinajstić information content (AvgIpc) is 3.02. The molecule has 2 rings (SSSR count). The van der Waals surface area contributed by atoms with Crippen LogP contribution in [0.25, 0.3) is 0 Å². The zero-order valence-electron chi connectivity index (χ0n) is 8.63. The van der Waals surface area contributed by atoms with E-state index in [2.05, 4.69) is 5.32 Å². The van der Waals surface area contributed by atoms with Gasteiger partial charge in [0.1, 0.15) is 0 Å². The summed E-state index contributed by atoms with van der Waals surface area (Å²) in [4.78, 5) is 11.3. The topological polar surface area (TPSA) is 38.3 Å². The number of nitrogens with one attached hydrogen (secondary N) is 1. The molecule has 2 aliphatic rings. The summed E-state index contributed by atoms with van der Waals surface area (Å²) in [7, 11) is 0. The summed E-state index contributed by atoms with van der Waals surface area (Å²) in [6.07, 6.45) is 7.20. The zero-order valence-corrected chi connectivity index (χ0v) is 8.63. The molecule has 80 valence electrons. The van der Waals surface area contributed by atoms with Crippen molar-refractivity contribution in [1.82, 2.24) is 5.32 Å². The quantitative estimate of drug-likeness (QED) is 0.741. The number of amides is 1. The van der Waals surface area contributed by atoms with Crippen LogP contribution in [0.2, 0.25) is 0 Å². The molecule has 1 aliphatic heterocycles. The second-order valence-corrected chi connectivity index (χ2v) is 4.34. The Hall–Kier alpha value is -0.570. The molecule has 1 unspecified atom stereocenters. The minimum absolute atomic E-state index is 0.251. The number of carbonyl (C=O) groups is 1. The highest BCUT2D eigenvalue weighted by atomic mass is 16.5. The Morgan fingerprint density at radius 2 is 2.14 bits per heavy atom. The first-order valence-corrected chi connectivity index (χ1v) is 5.75. The summed E-state index contributed by atoms with van der Waals surface area (Å²) in [6, 6.07) is 0. The van der Waals surface area contributed by atoms with Crippen LogP contribution in [0.5, 0.6) is 0 Å². The van der Waals surface area contributed by atoms with Crippen molar-refractivity contribution in [2.24, 2.45) is 5.92 Å². The van der Waals surface area contributed by atoms with Crippen LogP contribution in [-0.2, 0) is 9.53 Å². The molecule has 0 radical (unpaired) electrons. The van der Waals surface area contributed by atoms with Crippen LogP contribution in [0.1, 0.15) is 38.5 Å². The number of ether oxygens (including phenoxy) is 1. The molecule has 2 fully saturated rings. The second-order valence-electron chi connectivity index (χ2n) is 4.34. The van der Waals surface area contributed by atoms with Gasteiger partial charge in [0, 0.05) is 19.1 Å². The molecule has 0 bridgehead atoms. The molecule has 1 amide bonds.